The lowest BCUT2D eigenvalue weighted by Crippen LogP contribution is -1.90. The van der Waals surface area contributed by atoms with Crippen molar-refractivity contribution in [3.05, 3.63) is 42.0 Å². The van der Waals surface area contributed by atoms with Crippen LogP contribution in [0.2, 0.25) is 0 Å². The molecule has 1 aromatic carbocycles. The molecule has 0 bridgehead atoms. The van der Waals surface area contributed by atoms with Crippen LogP contribution in [0, 0.1) is 0 Å². The predicted octanol–water partition coefficient (Wildman–Crippen LogP) is 3.85. The number of unbranched alkanes of at least 4 members (excludes halogenated alkanes) is 1. The summed E-state index contributed by atoms with van der Waals surface area (Å²) in [4.78, 5) is 11.1. The highest BCUT2D eigenvalue weighted by Crippen LogP contribution is 2.20. The summed E-state index contributed by atoms with van der Waals surface area (Å²) >= 11 is 0. The van der Waals surface area contributed by atoms with Crippen LogP contribution < -0.4 is 0 Å². The highest BCUT2D eigenvalue weighted by Gasteiger charge is 2.01. The lowest BCUT2D eigenvalue weighted by atomic mass is 9.99. The summed E-state index contributed by atoms with van der Waals surface area (Å²) in [6.07, 6.45) is 5.03. The van der Waals surface area contributed by atoms with Gasteiger partial charge in [-0.05, 0) is 37.0 Å². The maximum atomic E-state index is 11.1. The van der Waals surface area contributed by atoms with Crippen LogP contribution >= 0.6 is 0 Å². The van der Waals surface area contributed by atoms with Crippen molar-refractivity contribution < 1.29 is 4.79 Å². The van der Waals surface area contributed by atoms with Crippen LogP contribution in [0.1, 0.15) is 38.7 Å². The average Bonchev–Trinajstić information content (AvgIpc) is 2.25. The molecule has 0 fully saturated rings. The zero-order chi connectivity index (χ0) is 11.1. The Morgan fingerprint density at radius 1 is 1.27 bits per heavy atom. The SMILES string of the molecule is CCCC/C(=C/C(C)=O)c1ccccc1. The second-order valence-electron chi connectivity index (χ2n) is 3.75. The number of rotatable bonds is 5. The van der Waals surface area contributed by atoms with E-state index in [9.17, 15) is 4.79 Å². The first-order valence-corrected chi connectivity index (χ1v) is 5.50. The monoisotopic (exact) mass is 202 g/mol. The second kappa shape index (κ2) is 6.18. The Balaban J connectivity index is 2.86. The molecule has 0 N–H and O–H groups in total. The molecule has 0 heterocycles. The third kappa shape index (κ3) is 4.11. The van der Waals surface area contributed by atoms with Gasteiger partial charge in [-0.2, -0.15) is 0 Å². The number of carbonyl (C=O) groups is 1. The Bertz CT molecular complexity index is 336. The van der Waals surface area contributed by atoms with E-state index in [1.165, 1.54) is 5.56 Å². The van der Waals surface area contributed by atoms with E-state index < -0.39 is 0 Å². The molecule has 0 aliphatic carbocycles. The topological polar surface area (TPSA) is 17.1 Å². The quantitative estimate of drug-likeness (QED) is 0.663. The van der Waals surface area contributed by atoms with E-state index in [2.05, 4.69) is 19.1 Å². The van der Waals surface area contributed by atoms with Gasteiger partial charge in [0, 0.05) is 0 Å². The van der Waals surface area contributed by atoms with Crippen LogP contribution in [-0.2, 0) is 4.79 Å². The van der Waals surface area contributed by atoms with Gasteiger partial charge < -0.3 is 0 Å². The normalized spacial score (nSPS) is 11.5. The van der Waals surface area contributed by atoms with Gasteiger partial charge in [0.2, 0.25) is 0 Å². The third-order valence-corrected chi connectivity index (χ3v) is 2.32. The molecule has 1 rings (SSSR count). The molecule has 1 nitrogen and oxygen atoms in total. The number of hydrogen-bond acceptors (Lipinski definition) is 1. The molecule has 15 heavy (non-hydrogen) atoms. The van der Waals surface area contributed by atoms with Crippen molar-refractivity contribution in [2.45, 2.75) is 33.1 Å². The van der Waals surface area contributed by atoms with E-state index in [1.54, 1.807) is 13.0 Å². The van der Waals surface area contributed by atoms with Crippen molar-refractivity contribution in [3.8, 4) is 0 Å². The second-order valence-corrected chi connectivity index (χ2v) is 3.75. The van der Waals surface area contributed by atoms with Gasteiger partial charge in [0.05, 0.1) is 0 Å². The fourth-order valence-electron chi connectivity index (χ4n) is 1.56. The zero-order valence-corrected chi connectivity index (χ0v) is 9.49. The first-order chi connectivity index (χ1) is 7.24. The molecule has 0 aliphatic rings. The smallest absolute Gasteiger partial charge is 0.152 e. The summed E-state index contributed by atoms with van der Waals surface area (Å²) in [6.45, 7) is 3.77. The minimum absolute atomic E-state index is 0.130. The molecule has 0 spiro atoms. The molecule has 1 heteroatoms. The van der Waals surface area contributed by atoms with E-state index in [4.69, 9.17) is 0 Å². The molecule has 0 radical (unpaired) electrons. The standard InChI is InChI=1S/C14H18O/c1-3-4-8-14(11-12(2)15)13-9-6-5-7-10-13/h5-7,9-11H,3-4,8H2,1-2H3/b14-11-. The third-order valence-electron chi connectivity index (χ3n) is 2.32. The van der Waals surface area contributed by atoms with Gasteiger partial charge in [-0.25, -0.2) is 0 Å². The maximum absolute atomic E-state index is 11.1. The molecule has 0 saturated heterocycles. The van der Waals surface area contributed by atoms with Crippen molar-refractivity contribution in [2.24, 2.45) is 0 Å². The summed E-state index contributed by atoms with van der Waals surface area (Å²) in [5.41, 5.74) is 2.33. The highest BCUT2D eigenvalue weighted by molar-refractivity contribution is 5.95. The van der Waals surface area contributed by atoms with Gasteiger partial charge in [0.1, 0.15) is 0 Å². The zero-order valence-electron chi connectivity index (χ0n) is 9.49. The molecule has 0 aliphatic heterocycles. The Hall–Kier alpha value is -1.37. The molecule has 0 atom stereocenters. The Morgan fingerprint density at radius 2 is 1.93 bits per heavy atom. The van der Waals surface area contributed by atoms with E-state index >= 15 is 0 Å². The van der Waals surface area contributed by atoms with Crippen molar-refractivity contribution in [1.82, 2.24) is 0 Å². The summed E-state index contributed by atoms with van der Waals surface area (Å²) in [5, 5.41) is 0. The van der Waals surface area contributed by atoms with Gasteiger partial charge >= 0.3 is 0 Å². The average molecular weight is 202 g/mol. The fraction of sp³-hybridized carbons (Fsp3) is 0.357. The van der Waals surface area contributed by atoms with Crippen LogP contribution in [-0.4, -0.2) is 5.78 Å². The van der Waals surface area contributed by atoms with Crippen molar-refractivity contribution in [2.75, 3.05) is 0 Å². The summed E-state index contributed by atoms with van der Waals surface area (Å²) < 4.78 is 0. The lowest BCUT2D eigenvalue weighted by molar-refractivity contribution is -0.112. The first-order valence-electron chi connectivity index (χ1n) is 5.50. The van der Waals surface area contributed by atoms with Crippen molar-refractivity contribution in [3.63, 3.8) is 0 Å². The van der Waals surface area contributed by atoms with Crippen molar-refractivity contribution in [1.29, 1.82) is 0 Å². The molecule has 0 unspecified atom stereocenters. The molecule has 0 aromatic heterocycles. The van der Waals surface area contributed by atoms with Gasteiger partial charge in [-0.15, -0.1) is 0 Å². The fourth-order valence-corrected chi connectivity index (χ4v) is 1.56. The van der Waals surface area contributed by atoms with Gasteiger partial charge in [0.25, 0.3) is 0 Å². The number of hydrogen-bond donors (Lipinski definition) is 0. The van der Waals surface area contributed by atoms with E-state index in [0.29, 0.717) is 0 Å². The van der Waals surface area contributed by atoms with Gasteiger partial charge in [0.15, 0.2) is 5.78 Å². The van der Waals surface area contributed by atoms with E-state index in [-0.39, 0.29) is 5.78 Å². The summed E-state index contributed by atoms with van der Waals surface area (Å²) in [5.74, 6) is 0.130. The first kappa shape index (κ1) is 11.7. The minimum atomic E-state index is 0.130. The number of carbonyl (C=O) groups excluding carboxylic acids is 1. The molecule has 1 aromatic rings. The maximum Gasteiger partial charge on any atom is 0.152 e. The van der Waals surface area contributed by atoms with Gasteiger partial charge in [-0.3, -0.25) is 4.79 Å². The van der Waals surface area contributed by atoms with Gasteiger partial charge in [-0.1, -0.05) is 43.7 Å². The summed E-state index contributed by atoms with van der Waals surface area (Å²) in [6, 6.07) is 10.1. The molecule has 0 amide bonds. The summed E-state index contributed by atoms with van der Waals surface area (Å²) in [7, 11) is 0. The van der Waals surface area contributed by atoms with Crippen LogP contribution in [0.3, 0.4) is 0 Å². The minimum Gasteiger partial charge on any atom is -0.295 e. The largest absolute Gasteiger partial charge is 0.295 e. The molecular formula is C14H18O. The Kier molecular flexibility index (Phi) is 4.82. The number of allylic oxidation sites excluding steroid dienone is 2. The van der Waals surface area contributed by atoms with E-state index in [1.807, 2.05) is 18.2 Å². The van der Waals surface area contributed by atoms with Crippen LogP contribution in [0.5, 0.6) is 0 Å². The molecule has 0 saturated carbocycles. The highest BCUT2D eigenvalue weighted by atomic mass is 16.1. The van der Waals surface area contributed by atoms with Crippen molar-refractivity contribution >= 4 is 11.4 Å². The predicted molar refractivity (Wildman–Crippen MR) is 64.6 cm³/mol. The van der Waals surface area contributed by atoms with E-state index in [0.717, 1.165) is 24.8 Å². The lowest BCUT2D eigenvalue weighted by Gasteiger charge is -2.06. The number of benzene rings is 1. The van der Waals surface area contributed by atoms with Crippen LogP contribution in [0.25, 0.3) is 5.57 Å². The van der Waals surface area contributed by atoms with Crippen LogP contribution in [0.15, 0.2) is 36.4 Å². The van der Waals surface area contributed by atoms with Crippen LogP contribution in [0.4, 0.5) is 0 Å². The Labute approximate surface area is 91.8 Å². The number of ketones is 1. The Morgan fingerprint density at radius 3 is 2.47 bits per heavy atom. The molecule has 80 valence electrons. The molecular weight excluding hydrogens is 184 g/mol.